The fraction of sp³-hybridized carbons (Fsp3) is 0.118. The van der Waals surface area contributed by atoms with Gasteiger partial charge in [0.1, 0.15) is 11.3 Å². The summed E-state index contributed by atoms with van der Waals surface area (Å²) in [5, 5.41) is 10.6. The molecule has 3 aromatic rings. The molecular formula is C17H17ClN4O2. The Balaban J connectivity index is 0.00000208. The average Bonchev–Trinajstić information content (AvgIpc) is 2.99. The largest absolute Gasteiger partial charge is 0.478 e. The fourth-order valence-corrected chi connectivity index (χ4v) is 2.18. The van der Waals surface area contributed by atoms with Gasteiger partial charge in [-0.2, -0.15) is 0 Å². The van der Waals surface area contributed by atoms with Crippen LogP contribution in [0.25, 0.3) is 5.65 Å². The third-order valence-electron chi connectivity index (χ3n) is 3.27. The Morgan fingerprint density at radius 2 is 1.96 bits per heavy atom. The van der Waals surface area contributed by atoms with E-state index in [0.29, 0.717) is 29.2 Å². The molecule has 0 spiro atoms. The quantitative estimate of drug-likeness (QED) is 0.562. The predicted molar refractivity (Wildman–Crippen MR) is 95.3 cm³/mol. The number of anilines is 1. The normalized spacial score (nSPS) is 10.0. The third-order valence-corrected chi connectivity index (χ3v) is 3.27. The molecule has 2 aromatic heterocycles. The molecule has 0 aliphatic carbocycles. The van der Waals surface area contributed by atoms with E-state index in [0.717, 1.165) is 0 Å². The number of amides is 1. The van der Waals surface area contributed by atoms with Gasteiger partial charge in [0, 0.05) is 18.1 Å². The van der Waals surface area contributed by atoms with Crippen molar-refractivity contribution in [2.24, 2.45) is 0 Å². The van der Waals surface area contributed by atoms with E-state index >= 15 is 0 Å². The molecule has 0 atom stereocenters. The summed E-state index contributed by atoms with van der Waals surface area (Å²) < 4.78 is 6.89. The lowest BCUT2D eigenvalue weighted by Gasteiger charge is -2.04. The van der Waals surface area contributed by atoms with Crippen LogP contribution in [0.4, 0.5) is 5.69 Å². The van der Waals surface area contributed by atoms with Gasteiger partial charge >= 0.3 is 0 Å². The van der Waals surface area contributed by atoms with E-state index in [1.807, 2.05) is 37.3 Å². The van der Waals surface area contributed by atoms with Gasteiger partial charge in [-0.1, -0.05) is 18.2 Å². The Kier molecular flexibility index (Phi) is 5.55. The van der Waals surface area contributed by atoms with E-state index in [2.05, 4.69) is 10.3 Å². The van der Waals surface area contributed by atoms with Gasteiger partial charge in [-0.25, -0.2) is 4.98 Å². The Morgan fingerprint density at radius 1 is 1.21 bits per heavy atom. The highest BCUT2D eigenvalue weighted by molar-refractivity contribution is 6.03. The minimum Gasteiger partial charge on any atom is -0.478 e. The number of carbonyl (C=O) groups excluding carboxylic acids is 1. The number of para-hydroxylation sites is 1. The Hall–Kier alpha value is -2.86. The molecule has 0 aliphatic heterocycles. The van der Waals surface area contributed by atoms with Gasteiger partial charge in [0.05, 0.1) is 12.2 Å². The van der Waals surface area contributed by atoms with E-state index < -0.39 is 0 Å². The second-order valence-corrected chi connectivity index (χ2v) is 4.89. The van der Waals surface area contributed by atoms with Crippen LogP contribution < -0.4 is 5.32 Å². The number of nitrogens with one attached hydrogen (secondary N) is 2. The molecule has 0 bridgehead atoms. The molecule has 0 radical (unpaired) electrons. The van der Waals surface area contributed by atoms with Crippen LogP contribution in [0.3, 0.4) is 0 Å². The molecule has 7 heteroatoms. The first-order chi connectivity index (χ1) is 11.2. The Labute approximate surface area is 145 Å². The monoisotopic (exact) mass is 344 g/mol. The van der Waals surface area contributed by atoms with Crippen LogP contribution in [-0.2, 0) is 4.74 Å². The lowest BCUT2D eigenvalue weighted by molar-refractivity contribution is 0.102. The van der Waals surface area contributed by atoms with Gasteiger partial charge in [0.2, 0.25) is 5.90 Å². The van der Waals surface area contributed by atoms with Crippen LogP contribution >= 0.6 is 12.4 Å². The number of carbonyl (C=O) groups is 1. The maximum Gasteiger partial charge on any atom is 0.275 e. The number of hydrogen-bond acceptors (Lipinski definition) is 4. The van der Waals surface area contributed by atoms with Crippen molar-refractivity contribution in [3.05, 3.63) is 66.1 Å². The summed E-state index contributed by atoms with van der Waals surface area (Å²) in [6, 6.07) is 12.7. The molecule has 1 aromatic carbocycles. The smallest absolute Gasteiger partial charge is 0.275 e. The Bertz CT molecular complexity index is 861. The third kappa shape index (κ3) is 3.72. The minimum atomic E-state index is -0.277. The van der Waals surface area contributed by atoms with Gasteiger partial charge < -0.3 is 14.5 Å². The lowest BCUT2D eigenvalue weighted by atomic mass is 10.3. The van der Waals surface area contributed by atoms with Crippen LogP contribution in [0, 0.1) is 5.41 Å². The van der Waals surface area contributed by atoms with E-state index in [1.165, 1.54) is 0 Å². The standard InChI is InChI=1S/C17H16N4O2.ClH/c1-2-23-16(18)12-8-9-15-20-14(11-21(15)10-12)17(22)19-13-6-4-3-5-7-13;/h3-11,18H,2H2,1H3,(H,19,22);1H. The van der Waals surface area contributed by atoms with Crippen molar-refractivity contribution in [2.45, 2.75) is 6.92 Å². The number of pyridine rings is 1. The zero-order chi connectivity index (χ0) is 16.2. The first kappa shape index (κ1) is 17.5. The molecule has 3 rings (SSSR count). The van der Waals surface area contributed by atoms with E-state index in [4.69, 9.17) is 10.1 Å². The summed E-state index contributed by atoms with van der Waals surface area (Å²) in [4.78, 5) is 16.5. The fourth-order valence-electron chi connectivity index (χ4n) is 2.18. The number of hydrogen-bond donors (Lipinski definition) is 2. The van der Waals surface area contributed by atoms with Crippen molar-refractivity contribution in [3.63, 3.8) is 0 Å². The minimum absolute atomic E-state index is 0. The number of imidazole rings is 1. The van der Waals surface area contributed by atoms with Crippen LogP contribution in [0.5, 0.6) is 0 Å². The summed E-state index contributed by atoms with van der Waals surface area (Å²) in [5.74, 6) is -0.181. The molecule has 24 heavy (non-hydrogen) atoms. The highest BCUT2D eigenvalue weighted by atomic mass is 35.5. The lowest BCUT2D eigenvalue weighted by Crippen LogP contribution is -2.12. The van der Waals surface area contributed by atoms with E-state index in [9.17, 15) is 4.79 Å². The molecule has 0 fully saturated rings. The SMILES string of the molecule is CCOC(=N)c1ccc2nc(C(=O)Nc3ccccc3)cn2c1.Cl. The number of halogens is 1. The van der Waals surface area contributed by atoms with Crippen LogP contribution in [0.1, 0.15) is 23.0 Å². The molecule has 1 amide bonds. The van der Waals surface area contributed by atoms with Gasteiger partial charge in [-0.15, -0.1) is 12.4 Å². The van der Waals surface area contributed by atoms with Crippen molar-refractivity contribution in [3.8, 4) is 0 Å². The topological polar surface area (TPSA) is 79.5 Å². The summed E-state index contributed by atoms with van der Waals surface area (Å²) in [6.45, 7) is 2.27. The molecular weight excluding hydrogens is 328 g/mol. The summed E-state index contributed by atoms with van der Waals surface area (Å²) in [5.41, 5.74) is 2.30. The molecule has 124 valence electrons. The number of rotatable bonds is 4. The number of benzene rings is 1. The molecule has 0 aliphatic rings. The molecule has 0 saturated carbocycles. The first-order valence-electron chi connectivity index (χ1n) is 7.24. The van der Waals surface area contributed by atoms with Gasteiger partial charge in [-0.05, 0) is 31.2 Å². The molecule has 6 nitrogen and oxygen atoms in total. The van der Waals surface area contributed by atoms with Crippen molar-refractivity contribution >= 4 is 35.5 Å². The zero-order valence-corrected chi connectivity index (χ0v) is 13.8. The summed E-state index contributed by atoms with van der Waals surface area (Å²) >= 11 is 0. The van der Waals surface area contributed by atoms with Crippen molar-refractivity contribution in [1.29, 1.82) is 5.41 Å². The van der Waals surface area contributed by atoms with E-state index in [-0.39, 0.29) is 24.2 Å². The maximum absolute atomic E-state index is 12.3. The van der Waals surface area contributed by atoms with Crippen molar-refractivity contribution < 1.29 is 9.53 Å². The molecule has 2 heterocycles. The predicted octanol–water partition coefficient (Wildman–Crippen LogP) is 3.37. The second kappa shape index (κ2) is 7.61. The van der Waals surface area contributed by atoms with Gasteiger partial charge in [0.15, 0.2) is 0 Å². The average molecular weight is 345 g/mol. The molecule has 2 N–H and O–H groups in total. The van der Waals surface area contributed by atoms with Crippen molar-refractivity contribution in [2.75, 3.05) is 11.9 Å². The van der Waals surface area contributed by atoms with Crippen molar-refractivity contribution in [1.82, 2.24) is 9.38 Å². The highest BCUT2D eigenvalue weighted by Crippen LogP contribution is 2.12. The Morgan fingerprint density at radius 3 is 2.67 bits per heavy atom. The van der Waals surface area contributed by atoms with Crippen LogP contribution in [0.2, 0.25) is 0 Å². The highest BCUT2D eigenvalue weighted by Gasteiger charge is 2.12. The number of aromatic nitrogens is 2. The molecule has 0 saturated heterocycles. The summed E-state index contributed by atoms with van der Waals surface area (Å²) in [6.07, 6.45) is 3.36. The second-order valence-electron chi connectivity index (χ2n) is 4.89. The maximum atomic E-state index is 12.3. The van der Waals surface area contributed by atoms with Crippen LogP contribution in [0.15, 0.2) is 54.9 Å². The van der Waals surface area contributed by atoms with Crippen LogP contribution in [-0.4, -0.2) is 27.8 Å². The number of nitrogens with zero attached hydrogens (tertiary/aromatic N) is 2. The van der Waals surface area contributed by atoms with Gasteiger partial charge in [-0.3, -0.25) is 10.2 Å². The van der Waals surface area contributed by atoms with E-state index in [1.54, 1.807) is 28.9 Å². The number of fused-ring (bicyclic) bond motifs is 1. The molecule has 0 unspecified atom stereocenters. The summed E-state index contributed by atoms with van der Waals surface area (Å²) in [7, 11) is 0. The number of ether oxygens (including phenoxy) is 1. The van der Waals surface area contributed by atoms with Gasteiger partial charge in [0.25, 0.3) is 5.91 Å². The zero-order valence-electron chi connectivity index (χ0n) is 13.0. The first-order valence-corrected chi connectivity index (χ1v) is 7.24.